The molecule has 0 unspecified atom stereocenters. The number of piperidine rings is 1. The molecule has 0 N–H and O–H groups in total. The maximum atomic E-state index is 13.3. The topological polar surface area (TPSA) is 60.9 Å². The summed E-state index contributed by atoms with van der Waals surface area (Å²) in [6.07, 6.45) is 3.61. The van der Waals surface area contributed by atoms with Crippen molar-refractivity contribution in [1.82, 2.24) is 14.1 Å². The smallest absolute Gasteiger partial charge is 0.253 e. The normalized spacial score (nSPS) is 18.8. The van der Waals surface area contributed by atoms with Crippen LogP contribution in [0.5, 0.6) is 0 Å². The van der Waals surface area contributed by atoms with E-state index in [9.17, 15) is 13.2 Å². The van der Waals surface area contributed by atoms with Gasteiger partial charge in [-0.05, 0) is 55.5 Å². The van der Waals surface area contributed by atoms with Crippen LogP contribution in [0.15, 0.2) is 47.4 Å². The molecule has 2 saturated heterocycles. The van der Waals surface area contributed by atoms with Gasteiger partial charge >= 0.3 is 0 Å². The average molecular weight is 490 g/mol. The number of hydrogen-bond acceptors (Lipinski definition) is 4. The van der Waals surface area contributed by atoms with E-state index >= 15 is 0 Å². The van der Waals surface area contributed by atoms with Gasteiger partial charge in [0.05, 0.1) is 5.02 Å². The van der Waals surface area contributed by atoms with E-state index < -0.39 is 10.0 Å². The van der Waals surface area contributed by atoms with Gasteiger partial charge in [-0.2, -0.15) is 4.31 Å². The van der Waals surface area contributed by atoms with Gasteiger partial charge < -0.3 is 4.90 Å². The first-order valence-corrected chi connectivity index (χ1v) is 13.5. The lowest BCUT2D eigenvalue weighted by Crippen LogP contribution is -2.36. The summed E-state index contributed by atoms with van der Waals surface area (Å²) in [4.78, 5) is 17.5. The minimum absolute atomic E-state index is 0.0351. The van der Waals surface area contributed by atoms with Gasteiger partial charge in [-0.15, -0.1) is 0 Å². The van der Waals surface area contributed by atoms with E-state index in [0.717, 1.165) is 45.3 Å². The molecule has 0 saturated carbocycles. The molecule has 33 heavy (non-hydrogen) atoms. The summed E-state index contributed by atoms with van der Waals surface area (Å²) in [5, 5.41) is 0.164. The van der Waals surface area contributed by atoms with Gasteiger partial charge in [0.1, 0.15) is 4.90 Å². The number of rotatable bonds is 5. The second-order valence-corrected chi connectivity index (χ2v) is 11.3. The Kier molecular flexibility index (Phi) is 7.74. The van der Waals surface area contributed by atoms with Crippen molar-refractivity contribution in [2.45, 2.75) is 44.0 Å². The molecule has 0 aromatic heterocycles. The maximum Gasteiger partial charge on any atom is 0.253 e. The number of aryl methyl sites for hydroxylation is 1. The highest BCUT2D eigenvalue weighted by Gasteiger charge is 2.29. The molecule has 0 bridgehead atoms. The van der Waals surface area contributed by atoms with Crippen LogP contribution in [0, 0.1) is 6.92 Å². The van der Waals surface area contributed by atoms with Crippen LogP contribution < -0.4 is 0 Å². The van der Waals surface area contributed by atoms with Crippen molar-refractivity contribution >= 4 is 27.5 Å². The van der Waals surface area contributed by atoms with Crippen LogP contribution in [0.2, 0.25) is 5.02 Å². The molecule has 1 amide bonds. The lowest BCUT2D eigenvalue weighted by atomic mass is 10.1. The van der Waals surface area contributed by atoms with Crippen molar-refractivity contribution in [3.63, 3.8) is 0 Å². The molecule has 0 aliphatic carbocycles. The summed E-state index contributed by atoms with van der Waals surface area (Å²) in [7, 11) is -3.71. The summed E-state index contributed by atoms with van der Waals surface area (Å²) >= 11 is 6.29. The van der Waals surface area contributed by atoms with E-state index in [0.29, 0.717) is 31.7 Å². The first kappa shape index (κ1) is 24.2. The molecule has 2 aromatic rings. The van der Waals surface area contributed by atoms with Gasteiger partial charge in [-0.25, -0.2) is 8.42 Å². The zero-order valence-electron chi connectivity index (χ0n) is 19.2. The maximum absolute atomic E-state index is 13.3. The second kappa shape index (κ2) is 10.6. The quantitative estimate of drug-likeness (QED) is 0.632. The highest BCUT2D eigenvalue weighted by Crippen LogP contribution is 2.28. The monoisotopic (exact) mass is 489 g/mol. The minimum atomic E-state index is -3.71. The summed E-state index contributed by atoms with van der Waals surface area (Å²) in [6.45, 7) is 6.97. The third-order valence-electron chi connectivity index (χ3n) is 6.64. The number of amides is 1. The Bertz CT molecular complexity index is 1100. The van der Waals surface area contributed by atoms with Crippen LogP contribution in [-0.4, -0.2) is 67.7 Å². The van der Waals surface area contributed by atoms with Crippen molar-refractivity contribution < 1.29 is 13.2 Å². The lowest BCUT2D eigenvalue weighted by molar-refractivity contribution is 0.0761. The third-order valence-corrected chi connectivity index (χ3v) is 9.02. The van der Waals surface area contributed by atoms with Crippen LogP contribution in [0.4, 0.5) is 0 Å². The van der Waals surface area contributed by atoms with Gasteiger partial charge in [-0.3, -0.25) is 9.69 Å². The van der Waals surface area contributed by atoms with E-state index in [1.165, 1.54) is 27.6 Å². The average Bonchev–Trinajstić information content (AvgIpc) is 3.06. The highest BCUT2D eigenvalue weighted by molar-refractivity contribution is 7.89. The summed E-state index contributed by atoms with van der Waals surface area (Å²) < 4.78 is 27.8. The summed E-state index contributed by atoms with van der Waals surface area (Å²) in [6, 6.07) is 13.0. The zero-order chi connectivity index (χ0) is 23.4. The van der Waals surface area contributed by atoms with Crippen LogP contribution in [0.3, 0.4) is 0 Å². The van der Waals surface area contributed by atoms with Gasteiger partial charge in [0.2, 0.25) is 10.0 Å². The molecule has 0 atom stereocenters. The molecule has 178 valence electrons. The largest absolute Gasteiger partial charge is 0.337 e. The van der Waals surface area contributed by atoms with E-state index in [1.807, 2.05) is 11.0 Å². The molecule has 4 rings (SSSR count). The van der Waals surface area contributed by atoms with Gasteiger partial charge in [-0.1, -0.05) is 42.3 Å². The number of benzene rings is 2. The molecule has 6 nitrogen and oxygen atoms in total. The van der Waals surface area contributed by atoms with E-state index in [4.69, 9.17) is 11.6 Å². The predicted molar refractivity (Wildman–Crippen MR) is 131 cm³/mol. The first-order chi connectivity index (χ1) is 15.9. The van der Waals surface area contributed by atoms with E-state index in [-0.39, 0.29) is 15.8 Å². The molecule has 2 aliphatic heterocycles. The fraction of sp³-hybridized carbons (Fsp3) is 0.480. The molecular weight excluding hydrogens is 458 g/mol. The van der Waals surface area contributed by atoms with Crippen LogP contribution in [-0.2, 0) is 16.6 Å². The molecule has 2 heterocycles. The van der Waals surface area contributed by atoms with Gasteiger partial charge in [0.25, 0.3) is 5.91 Å². The molecule has 0 spiro atoms. The number of halogens is 1. The Hall–Kier alpha value is -1.93. The fourth-order valence-corrected chi connectivity index (χ4v) is 6.64. The standard InChI is InChI=1S/C25H32ClN3O3S/c1-20-8-3-4-9-22(20)19-27-12-7-13-28(17-16-27)25(30)21-10-11-23(26)24(18-21)33(31,32)29-14-5-2-6-15-29/h3-4,8-11,18H,2,5-7,12-17,19H2,1H3. The number of carbonyl (C=O) groups is 1. The number of carbonyl (C=O) groups excluding carboxylic acids is 1. The minimum Gasteiger partial charge on any atom is -0.337 e. The third kappa shape index (κ3) is 5.60. The second-order valence-electron chi connectivity index (χ2n) is 8.96. The Balaban J connectivity index is 1.47. The van der Waals surface area contributed by atoms with Crippen molar-refractivity contribution in [3.8, 4) is 0 Å². The van der Waals surface area contributed by atoms with Gasteiger partial charge in [0.15, 0.2) is 0 Å². The lowest BCUT2D eigenvalue weighted by Gasteiger charge is -2.27. The number of hydrogen-bond donors (Lipinski definition) is 0. The van der Waals surface area contributed by atoms with E-state index in [1.54, 1.807) is 6.07 Å². The molecule has 2 aromatic carbocycles. The van der Waals surface area contributed by atoms with Crippen molar-refractivity contribution in [2.75, 3.05) is 39.3 Å². The molecule has 0 radical (unpaired) electrons. The van der Waals surface area contributed by atoms with E-state index in [2.05, 4.69) is 30.0 Å². The predicted octanol–water partition coefficient (Wildman–Crippen LogP) is 4.17. The molecule has 8 heteroatoms. The summed E-state index contributed by atoms with van der Waals surface area (Å²) in [5.74, 6) is -0.139. The Morgan fingerprint density at radius 1 is 0.909 bits per heavy atom. The van der Waals surface area contributed by atoms with Gasteiger partial charge in [0, 0.05) is 51.4 Å². The fourth-order valence-electron chi connectivity index (χ4n) is 4.62. The summed E-state index contributed by atoms with van der Waals surface area (Å²) in [5.41, 5.74) is 2.96. The number of sulfonamides is 1. The van der Waals surface area contributed by atoms with Crippen molar-refractivity contribution in [3.05, 3.63) is 64.2 Å². The molecular formula is C25H32ClN3O3S. The molecule has 2 fully saturated rings. The Morgan fingerprint density at radius 2 is 1.67 bits per heavy atom. The molecule has 2 aliphatic rings. The number of nitrogens with zero attached hydrogens (tertiary/aromatic N) is 3. The highest BCUT2D eigenvalue weighted by atomic mass is 35.5. The van der Waals surface area contributed by atoms with Crippen LogP contribution in [0.1, 0.15) is 47.2 Å². The van der Waals surface area contributed by atoms with Crippen LogP contribution >= 0.6 is 11.6 Å². The van der Waals surface area contributed by atoms with Crippen molar-refractivity contribution in [1.29, 1.82) is 0 Å². The zero-order valence-corrected chi connectivity index (χ0v) is 20.7. The SMILES string of the molecule is Cc1ccccc1CN1CCCN(C(=O)c2ccc(Cl)c(S(=O)(=O)N3CCCCC3)c2)CC1. The van der Waals surface area contributed by atoms with Crippen LogP contribution in [0.25, 0.3) is 0 Å². The van der Waals surface area contributed by atoms with Crippen molar-refractivity contribution in [2.24, 2.45) is 0 Å². The Labute approximate surface area is 202 Å². The first-order valence-electron chi connectivity index (χ1n) is 11.7. The Morgan fingerprint density at radius 3 is 2.42 bits per heavy atom.